The fourth-order valence-electron chi connectivity index (χ4n) is 3.04. The molecule has 2 N–H and O–H groups in total. The number of guanidine groups is 1. The molecular formula is C19H32FIN4O. The van der Waals surface area contributed by atoms with Crippen LogP contribution in [0, 0.1) is 11.7 Å². The lowest BCUT2D eigenvalue weighted by Gasteiger charge is -2.21. The monoisotopic (exact) mass is 478 g/mol. The van der Waals surface area contributed by atoms with Crippen molar-refractivity contribution in [1.29, 1.82) is 0 Å². The van der Waals surface area contributed by atoms with Gasteiger partial charge in [-0.3, -0.25) is 4.99 Å². The lowest BCUT2D eigenvalue weighted by molar-refractivity contribution is 0.198. The highest BCUT2D eigenvalue weighted by molar-refractivity contribution is 14.0. The van der Waals surface area contributed by atoms with E-state index in [-0.39, 0.29) is 35.9 Å². The van der Waals surface area contributed by atoms with Crippen molar-refractivity contribution in [2.24, 2.45) is 10.9 Å². The minimum Gasteiger partial charge on any atom is -0.489 e. The number of hydrogen-bond donors (Lipinski definition) is 2. The molecule has 0 radical (unpaired) electrons. The van der Waals surface area contributed by atoms with Crippen molar-refractivity contribution in [2.75, 3.05) is 39.8 Å². The molecule has 148 valence electrons. The van der Waals surface area contributed by atoms with Crippen LogP contribution >= 0.6 is 24.0 Å². The van der Waals surface area contributed by atoms with Gasteiger partial charge < -0.3 is 20.3 Å². The zero-order valence-corrected chi connectivity index (χ0v) is 18.3. The van der Waals surface area contributed by atoms with Crippen LogP contribution in [0.2, 0.25) is 0 Å². The number of nitrogens with zero attached hydrogens (tertiary/aromatic N) is 2. The van der Waals surface area contributed by atoms with Crippen LogP contribution < -0.4 is 15.4 Å². The molecule has 1 heterocycles. The summed E-state index contributed by atoms with van der Waals surface area (Å²) in [5.74, 6) is 1.73. The molecule has 0 aromatic heterocycles. The summed E-state index contributed by atoms with van der Waals surface area (Å²) in [6.45, 7) is 9.28. The van der Waals surface area contributed by atoms with Gasteiger partial charge in [0, 0.05) is 26.2 Å². The molecular weight excluding hydrogens is 446 g/mol. The fraction of sp³-hybridized carbons (Fsp3) is 0.632. The van der Waals surface area contributed by atoms with Gasteiger partial charge in [-0.25, -0.2) is 4.39 Å². The Hall–Kier alpha value is -1.09. The lowest BCUT2D eigenvalue weighted by atomic mass is 10.1. The van der Waals surface area contributed by atoms with Crippen LogP contribution in [0.25, 0.3) is 0 Å². The first-order valence-corrected chi connectivity index (χ1v) is 9.23. The summed E-state index contributed by atoms with van der Waals surface area (Å²) < 4.78 is 19.1. The molecule has 26 heavy (non-hydrogen) atoms. The molecule has 1 saturated heterocycles. The molecule has 5 nitrogen and oxygen atoms in total. The third kappa shape index (κ3) is 7.65. The molecule has 7 heteroatoms. The zero-order valence-electron chi connectivity index (χ0n) is 16.0. The average molecular weight is 478 g/mol. The maximum atomic E-state index is 13.3. The average Bonchev–Trinajstić information content (AvgIpc) is 3.09. The Kier molecular flexibility index (Phi) is 10.9. The number of nitrogens with one attached hydrogen (secondary N) is 2. The smallest absolute Gasteiger partial charge is 0.191 e. The molecule has 0 saturated carbocycles. The molecule has 0 amide bonds. The van der Waals surface area contributed by atoms with E-state index in [9.17, 15) is 4.39 Å². The number of hydrogen-bond acceptors (Lipinski definition) is 3. The van der Waals surface area contributed by atoms with Gasteiger partial charge in [-0.15, -0.1) is 24.0 Å². The second kappa shape index (κ2) is 12.3. The highest BCUT2D eigenvalue weighted by atomic mass is 127. The molecule has 1 aromatic carbocycles. The molecule has 2 atom stereocenters. The molecule has 0 aliphatic carbocycles. The standard InChI is InChI=1S/C19H31FN4O.HI/c1-4-17(25-18-8-6-7-16(20)11-18)13-23-19(21-3)22-12-15-9-10-24(5-2)14-15;/h6-8,11,15,17H,4-5,9-10,12-14H2,1-3H3,(H2,21,22,23);1H. The van der Waals surface area contributed by atoms with Crippen LogP contribution in [0.1, 0.15) is 26.7 Å². The summed E-state index contributed by atoms with van der Waals surface area (Å²) in [6, 6.07) is 6.26. The largest absolute Gasteiger partial charge is 0.489 e. The molecule has 1 aliphatic rings. The quantitative estimate of drug-likeness (QED) is 0.343. The lowest BCUT2D eigenvalue weighted by Crippen LogP contribution is -2.44. The highest BCUT2D eigenvalue weighted by Crippen LogP contribution is 2.15. The van der Waals surface area contributed by atoms with E-state index in [0.29, 0.717) is 18.2 Å². The van der Waals surface area contributed by atoms with Crippen molar-refractivity contribution in [3.63, 3.8) is 0 Å². The summed E-state index contributed by atoms with van der Waals surface area (Å²) in [4.78, 5) is 6.76. The van der Waals surface area contributed by atoms with Gasteiger partial charge in [0.1, 0.15) is 17.7 Å². The predicted octanol–water partition coefficient (Wildman–Crippen LogP) is 3.11. The van der Waals surface area contributed by atoms with Gasteiger partial charge in [-0.05, 0) is 44.0 Å². The molecule has 0 spiro atoms. The van der Waals surface area contributed by atoms with E-state index in [1.165, 1.54) is 25.1 Å². The highest BCUT2D eigenvalue weighted by Gasteiger charge is 2.21. The Bertz CT molecular complexity index is 558. The molecule has 0 bridgehead atoms. The van der Waals surface area contributed by atoms with Crippen molar-refractivity contribution >= 4 is 29.9 Å². The predicted molar refractivity (Wildman–Crippen MR) is 116 cm³/mol. The van der Waals surface area contributed by atoms with Gasteiger partial charge in [0.05, 0.1) is 6.54 Å². The zero-order chi connectivity index (χ0) is 18.1. The first-order valence-electron chi connectivity index (χ1n) is 9.23. The van der Waals surface area contributed by atoms with Crippen molar-refractivity contribution in [3.8, 4) is 5.75 Å². The van der Waals surface area contributed by atoms with Gasteiger partial charge in [0.15, 0.2) is 5.96 Å². The number of ether oxygens (including phenoxy) is 1. The van der Waals surface area contributed by atoms with Crippen molar-refractivity contribution in [3.05, 3.63) is 30.1 Å². The van der Waals surface area contributed by atoms with Crippen LogP contribution in [-0.4, -0.2) is 56.7 Å². The number of rotatable bonds is 8. The van der Waals surface area contributed by atoms with Crippen LogP contribution in [0.15, 0.2) is 29.3 Å². The summed E-state index contributed by atoms with van der Waals surface area (Å²) in [6.07, 6.45) is 2.02. The van der Waals surface area contributed by atoms with Gasteiger partial charge >= 0.3 is 0 Å². The Morgan fingerprint density at radius 3 is 2.81 bits per heavy atom. The molecule has 2 rings (SSSR count). The molecule has 1 aliphatic heterocycles. The molecule has 2 unspecified atom stereocenters. The molecule has 1 fully saturated rings. The van der Waals surface area contributed by atoms with E-state index < -0.39 is 0 Å². The number of halogens is 2. The topological polar surface area (TPSA) is 48.9 Å². The second-order valence-electron chi connectivity index (χ2n) is 6.49. The number of benzene rings is 1. The number of likely N-dealkylation sites (tertiary alicyclic amines) is 1. The van der Waals surface area contributed by atoms with Crippen LogP contribution in [0.3, 0.4) is 0 Å². The molecule has 1 aromatic rings. The minimum absolute atomic E-state index is 0. The van der Waals surface area contributed by atoms with Gasteiger partial charge in [0.2, 0.25) is 0 Å². The van der Waals surface area contributed by atoms with E-state index in [0.717, 1.165) is 32.0 Å². The Morgan fingerprint density at radius 2 is 2.19 bits per heavy atom. The maximum Gasteiger partial charge on any atom is 0.191 e. The maximum absolute atomic E-state index is 13.3. The Balaban J connectivity index is 0.00000338. The van der Waals surface area contributed by atoms with Gasteiger partial charge in [0.25, 0.3) is 0 Å². The third-order valence-corrected chi connectivity index (χ3v) is 4.65. The number of aliphatic imine (C=N–C) groups is 1. The first kappa shape index (κ1) is 23.0. The summed E-state index contributed by atoms with van der Waals surface area (Å²) in [7, 11) is 1.77. The van der Waals surface area contributed by atoms with Crippen molar-refractivity contribution in [2.45, 2.75) is 32.8 Å². The fourth-order valence-corrected chi connectivity index (χ4v) is 3.04. The minimum atomic E-state index is -0.282. The van der Waals surface area contributed by atoms with E-state index in [2.05, 4.69) is 34.4 Å². The van der Waals surface area contributed by atoms with Crippen LogP contribution in [0.5, 0.6) is 5.75 Å². The van der Waals surface area contributed by atoms with E-state index in [4.69, 9.17) is 4.74 Å². The van der Waals surface area contributed by atoms with Crippen LogP contribution in [-0.2, 0) is 0 Å². The Morgan fingerprint density at radius 1 is 1.38 bits per heavy atom. The summed E-state index contributed by atoms with van der Waals surface area (Å²) >= 11 is 0. The van der Waals surface area contributed by atoms with Gasteiger partial charge in [-0.1, -0.05) is 19.9 Å². The van der Waals surface area contributed by atoms with Crippen LogP contribution in [0.4, 0.5) is 4.39 Å². The van der Waals surface area contributed by atoms with E-state index in [1.807, 2.05) is 0 Å². The van der Waals surface area contributed by atoms with Gasteiger partial charge in [-0.2, -0.15) is 0 Å². The SMILES string of the molecule is CCC(CNC(=NC)NCC1CCN(CC)C1)Oc1cccc(F)c1.I. The Labute approximate surface area is 173 Å². The summed E-state index contributed by atoms with van der Waals surface area (Å²) in [5, 5.41) is 6.72. The van der Waals surface area contributed by atoms with E-state index >= 15 is 0 Å². The van der Waals surface area contributed by atoms with Crippen molar-refractivity contribution < 1.29 is 9.13 Å². The van der Waals surface area contributed by atoms with Crippen molar-refractivity contribution in [1.82, 2.24) is 15.5 Å². The second-order valence-corrected chi connectivity index (χ2v) is 6.49. The first-order chi connectivity index (χ1) is 12.1. The van der Waals surface area contributed by atoms with E-state index in [1.54, 1.807) is 19.2 Å². The third-order valence-electron chi connectivity index (χ3n) is 4.65. The summed E-state index contributed by atoms with van der Waals surface area (Å²) in [5.41, 5.74) is 0. The normalized spacial score (nSPS) is 18.9.